The fraction of sp³-hybridized carbons (Fsp3) is 0.409. The van der Waals surface area contributed by atoms with Gasteiger partial charge in [0, 0.05) is 59.7 Å². The van der Waals surface area contributed by atoms with Crippen LogP contribution in [-0.4, -0.2) is 47.4 Å². The van der Waals surface area contributed by atoms with Gasteiger partial charge in [0.2, 0.25) is 5.88 Å². The normalized spacial score (nSPS) is 27.7. The summed E-state index contributed by atoms with van der Waals surface area (Å²) in [6.45, 7) is 4.53. The van der Waals surface area contributed by atoms with E-state index in [2.05, 4.69) is 44.3 Å². The Kier molecular flexibility index (Phi) is 4.39. The molecular weight excluding hydrogens is 380 g/mol. The van der Waals surface area contributed by atoms with E-state index < -0.39 is 0 Å². The molecule has 2 fully saturated rings. The van der Waals surface area contributed by atoms with E-state index in [4.69, 9.17) is 4.74 Å². The zero-order chi connectivity index (χ0) is 20.8. The number of hydrogen-bond donors (Lipinski definition) is 2. The average Bonchev–Trinajstić information content (AvgIpc) is 2.96. The summed E-state index contributed by atoms with van der Waals surface area (Å²) in [5.41, 5.74) is 2.63. The van der Waals surface area contributed by atoms with Gasteiger partial charge >= 0.3 is 0 Å². The number of aromatic hydroxyl groups is 1. The Morgan fingerprint density at radius 2 is 1.73 bits per heavy atom. The van der Waals surface area contributed by atoms with E-state index in [-0.39, 0.29) is 22.9 Å². The Morgan fingerprint density at radius 1 is 1.00 bits per heavy atom. The van der Waals surface area contributed by atoms with E-state index in [1.54, 1.807) is 36.8 Å². The maximum Gasteiger partial charge on any atom is 0.233 e. The first-order chi connectivity index (χ1) is 14.4. The molecule has 8 nitrogen and oxygen atoms in total. The van der Waals surface area contributed by atoms with Crippen molar-refractivity contribution in [2.75, 3.05) is 0 Å². The van der Waals surface area contributed by atoms with Gasteiger partial charge in [0.05, 0.1) is 0 Å². The molecule has 2 saturated heterocycles. The molecule has 0 radical (unpaired) electrons. The zero-order valence-electron chi connectivity index (χ0n) is 17.0. The molecule has 0 amide bonds. The van der Waals surface area contributed by atoms with Crippen LogP contribution in [0.4, 0.5) is 0 Å². The molecule has 8 heteroatoms. The Hall–Kier alpha value is -3.13. The first-order valence-electron chi connectivity index (χ1n) is 10.2. The van der Waals surface area contributed by atoms with Crippen molar-refractivity contribution in [1.82, 2.24) is 30.5 Å². The summed E-state index contributed by atoms with van der Waals surface area (Å²) < 4.78 is 6.15. The van der Waals surface area contributed by atoms with Crippen molar-refractivity contribution in [3.8, 4) is 34.1 Å². The Bertz CT molecular complexity index is 1040. The maximum atomic E-state index is 10.4. The predicted octanol–water partition coefficient (Wildman–Crippen LogP) is 3.14. The van der Waals surface area contributed by atoms with Gasteiger partial charge in [-0.1, -0.05) is 0 Å². The molecule has 154 valence electrons. The summed E-state index contributed by atoms with van der Waals surface area (Å²) in [6.07, 6.45) is 10.8. The maximum absolute atomic E-state index is 10.4. The van der Waals surface area contributed by atoms with Gasteiger partial charge < -0.3 is 15.2 Å². The van der Waals surface area contributed by atoms with Crippen molar-refractivity contribution in [3.05, 3.63) is 43.1 Å². The van der Waals surface area contributed by atoms with E-state index >= 15 is 0 Å². The van der Waals surface area contributed by atoms with Crippen LogP contribution in [0, 0.1) is 0 Å². The van der Waals surface area contributed by atoms with Crippen LogP contribution in [0.3, 0.4) is 0 Å². The van der Waals surface area contributed by atoms with Gasteiger partial charge in [-0.25, -0.2) is 15.0 Å². The molecule has 3 atom stereocenters. The molecule has 0 aliphatic carbocycles. The number of hydrogen-bond acceptors (Lipinski definition) is 8. The highest BCUT2D eigenvalue weighted by molar-refractivity contribution is 5.69. The van der Waals surface area contributed by atoms with Gasteiger partial charge in [-0.2, -0.15) is 0 Å². The quantitative estimate of drug-likeness (QED) is 0.683. The summed E-state index contributed by atoms with van der Waals surface area (Å²) in [5.74, 6) is 0.518. The minimum absolute atomic E-state index is 0.0232. The van der Waals surface area contributed by atoms with Gasteiger partial charge in [-0.15, -0.1) is 10.2 Å². The molecule has 30 heavy (non-hydrogen) atoms. The summed E-state index contributed by atoms with van der Waals surface area (Å²) in [5, 5.41) is 22.7. The van der Waals surface area contributed by atoms with Crippen molar-refractivity contribution in [3.63, 3.8) is 0 Å². The molecule has 3 aromatic rings. The number of ether oxygens (including phenoxy) is 1. The molecule has 0 spiro atoms. The van der Waals surface area contributed by atoms with E-state index in [1.165, 1.54) is 19.2 Å². The van der Waals surface area contributed by atoms with Crippen molar-refractivity contribution < 1.29 is 9.84 Å². The Morgan fingerprint density at radius 3 is 2.37 bits per heavy atom. The second-order valence-corrected chi connectivity index (χ2v) is 8.87. The van der Waals surface area contributed by atoms with Crippen LogP contribution < -0.4 is 10.1 Å². The van der Waals surface area contributed by atoms with Crippen molar-refractivity contribution >= 4 is 0 Å². The van der Waals surface area contributed by atoms with Gasteiger partial charge in [0.25, 0.3) is 0 Å². The van der Waals surface area contributed by atoms with Gasteiger partial charge in [-0.3, -0.25) is 0 Å². The second kappa shape index (κ2) is 6.98. The highest BCUT2D eigenvalue weighted by Crippen LogP contribution is 2.43. The number of fused-ring (bicyclic) bond motifs is 2. The Balaban J connectivity index is 1.32. The topological polar surface area (TPSA) is 106 Å². The molecule has 3 aromatic heterocycles. The molecule has 5 rings (SSSR count). The summed E-state index contributed by atoms with van der Waals surface area (Å²) in [6, 6.07) is 5.19. The highest BCUT2D eigenvalue weighted by Gasteiger charge is 2.49. The number of pyridine rings is 1. The standard InChI is InChI=1S/C22H24N6O2/c1-21-5-6-22(2,28-21)9-16(8-21)30-19-4-3-17(26-27-19)20-18(29)7-14(12-25-20)15-10-23-13-24-11-15/h3-4,7,10-13,16,28-29H,5-6,8-9H2,1-2H3/t16-,21-,22+. The molecule has 5 heterocycles. The summed E-state index contributed by atoms with van der Waals surface area (Å²) in [4.78, 5) is 12.3. The molecule has 0 unspecified atom stereocenters. The van der Waals surface area contributed by atoms with Gasteiger partial charge in [-0.05, 0) is 38.8 Å². The lowest BCUT2D eigenvalue weighted by Crippen LogP contribution is -2.56. The average molecular weight is 404 g/mol. The van der Waals surface area contributed by atoms with E-state index in [0.717, 1.165) is 24.0 Å². The minimum Gasteiger partial charge on any atom is -0.506 e. The van der Waals surface area contributed by atoms with E-state index in [0.29, 0.717) is 17.3 Å². The van der Waals surface area contributed by atoms with Crippen LogP contribution >= 0.6 is 0 Å². The minimum atomic E-state index is 0.0232. The van der Waals surface area contributed by atoms with E-state index in [1.807, 2.05) is 0 Å². The number of piperidine rings is 1. The van der Waals surface area contributed by atoms with Crippen LogP contribution in [0.1, 0.15) is 39.5 Å². The van der Waals surface area contributed by atoms with Gasteiger partial charge in [0.15, 0.2) is 0 Å². The third kappa shape index (κ3) is 3.59. The Labute approximate surface area is 174 Å². The van der Waals surface area contributed by atoms with Gasteiger partial charge in [0.1, 0.15) is 29.6 Å². The SMILES string of the molecule is C[C@]12CC[C@](C)(C[C@@H](Oc3ccc(-c4ncc(-c5cncnc5)cc4O)nn3)C1)N2. The second-order valence-electron chi connectivity index (χ2n) is 8.87. The molecule has 0 saturated carbocycles. The first-order valence-corrected chi connectivity index (χ1v) is 10.2. The number of rotatable bonds is 4. The molecule has 2 bridgehead atoms. The summed E-state index contributed by atoms with van der Waals surface area (Å²) in [7, 11) is 0. The molecule has 2 aliphatic heterocycles. The van der Waals surface area contributed by atoms with E-state index in [9.17, 15) is 5.11 Å². The number of nitrogens with zero attached hydrogens (tertiary/aromatic N) is 5. The van der Waals surface area contributed by atoms with Crippen LogP contribution in [0.2, 0.25) is 0 Å². The monoisotopic (exact) mass is 404 g/mol. The molecule has 2 aliphatic rings. The lowest BCUT2D eigenvalue weighted by Gasteiger charge is -2.41. The summed E-state index contributed by atoms with van der Waals surface area (Å²) >= 11 is 0. The van der Waals surface area contributed by atoms with Crippen LogP contribution in [-0.2, 0) is 0 Å². The predicted molar refractivity (Wildman–Crippen MR) is 111 cm³/mol. The third-order valence-electron chi connectivity index (χ3n) is 6.12. The molecule has 2 N–H and O–H groups in total. The molecule has 0 aromatic carbocycles. The highest BCUT2D eigenvalue weighted by atomic mass is 16.5. The molecular formula is C22H24N6O2. The van der Waals surface area contributed by atoms with Crippen molar-refractivity contribution in [2.45, 2.75) is 56.7 Å². The van der Waals surface area contributed by atoms with Crippen molar-refractivity contribution in [2.24, 2.45) is 0 Å². The van der Waals surface area contributed by atoms with Crippen LogP contribution in [0.15, 0.2) is 43.1 Å². The van der Waals surface area contributed by atoms with Crippen LogP contribution in [0.25, 0.3) is 22.5 Å². The lowest BCUT2D eigenvalue weighted by molar-refractivity contribution is 0.0754. The smallest absolute Gasteiger partial charge is 0.233 e. The number of aromatic nitrogens is 5. The number of nitrogens with one attached hydrogen (secondary N) is 1. The lowest BCUT2D eigenvalue weighted by atomic mass is 9.86. The first kappa shape index (κ1) is 18.9. The fourth-order valence-electron chi connectivity index (χ4n) is 4.81. The zero-order valence-corrected chi connectivity index (χ0v) is 17.0. The third-order valence-corrected chi connectivity index (χ3v) is 6.12. The largest absolute Gasteiger partial charge is 0.506 e. The fourth-order valence-corrected chi connectivity index (χ4v) is 4.81. The van der Waals surface area contributed by atoms with Crippen molar-refractivity contribution in [1.29, 1.82) is 0 Å². The van der Waals surface area contributed by atoms with Crippen LogP contribution in [0.5, 0.6) is 11.6 Å².